The topological polar surface area (TPSA) is 35.6 Å². The molecule has 38 heavy (non-hydrogen) atoms. The summed E-state index contributed by atoms with van der Waals surface area (Å²) in [6.45, 7) is 25.3. The van der Waals surface area contributed by atoms with Crippen LogP contribution in [0, 0.1) is 19.3 Å². The number of aryl methyl sites for hydroxylation is 2. The maximum atomic E-state index is 13.1. The predicted molar refractivity (Wildman–Crippen MR) is 162 cm³/mol. The van der Waals surface area contributed by atoms with Gasteiger partial charge in [0.1, 0.15) is 7.85 Å². The Morgan fingerprint density at radius 1 is 1.00 bits per heavy atom. The molecule has 2 saturated heterocycles. The molecule has 2 aromatic carbocycles. The highest BCUT2D eigenvalue weighted by Gasteiger charge is 2.60. The lowest BCUT2D eigenvalue weighted by Gasteiger charge is -2.48. The van der Waals surface area contributed by atoms with Crippen molar-refractivity contribution in [3.05, 3.63) is 95.8 Å². The monoisotopic (exact) mass is 509 g/mol. The van der Waals surface area contributed by atoms with Crippen molar-refractivity contribution in [1.29, 1.82) is 0 Å². The zero-order valence-corrected chi connectivity index (χ0v) is 24.3. The van der Waals surface area contributed by atoms with Crippen LogP contribution in [-0.2, 0) is 10.2 Å². The number of carbonyl (C=O) groups is 1. The fraction of sp³-hybridized carbons (Fsp3) is 0.424. The van der Waals surface area contributed by atoms with Gasteiger partial charge < -0.3 is 15.1 Å². The Hall–Kier alpha value is -3.21. The number of amides is 1. The number of hydrogen-bond donors (Lipinski definition) is 1. The molecule has 2 fully saturated rings. The van der Waals surface area contributed by atoms with Gasteiger partial charge in [0.2, 0.25) is 5.91 Å². The van der Waals surface area contributed by atoms with Crippen LogP contribution in [0.25, 0.3) is 5.70 Å². The molecule has 0 saturated carbocycles. The molecule has 0 aliphatic carbocycles. The van der Waals surface area contributed by atoms with E-state index in [1.54, 1.807) is 0 Å². The van der Waals surface area contributed by atoms with Crippen molar-refractivity contribution in [2.45, 2.75) is 59.3 Å². The molecule has 2 heterocycles. The van der Waals surface area contributed by atoms with E-state index in [-0.39, 0.29) is 23.3 Å². The minimum Gasteiger partial charge on any atom is -0.376 e. The van der Waals surface area contributed by atoms with Gasteiger partial charge in [-0.1, -0.05) is 99.1 Å². The first-order valence-electron chi connectivity index (χ1n) is 13.7. The van der Waals surface area contributed by atoms with E-state index in [0.717, 1.165) is 35.4 Å². The molecule has 2 aliphatic heterocycles. The van der Waals surface area contributed by atoms with Gasteiger partial charge in [0.15, 0.2) is 0 Å². The van der Waals surface area contributed by atoms with Gasteiger partial charge in [0, 0.05) is 48.1 Å². The standard InChI is InChI=1S/C30H36BN3O.C3H8/c1-20-8-11-25(12-9-20)29(6)23(4)33(7)24(5)30(29)14-16-34(17-15-30)28(35)19-32-22(3)26-18-21(2)10-13-27(26)31;1-3-2/h8-13,18,32H,3-5,14-17,19H2,1-2,6-7H3;3H2,1-2H3. The van der Waals surface area contributed by atoms with Crippen LogP contribution < -0.4 is 10.8 Å². The molecule has 5 heteroatoms. The molecule has 1 N–H and O–H groups in total. The Balaban J connectivity index is 0.00000127. The second-order valence-corrected chi connectivity index (χ2v) is 11.0. The van der Waals surface area contributed by atoms with Crippen LogP contribution in [-0.4, -0.2) is 50.2 Å². The number of carbonyl (C=O) groups excluding carboxylic acids is 1. The first-order chi connectivity index (χ1) is 17.9. The highest BCUT2D eigenvalue weighted by Crippen LogP contribution is 2.62. The van der Waals surface area contributed by atoms with E-state index in [1.165, 1.54) is 17.5 Å². The SMILES string of the molecule is CCC.[B]c1ccc(C)cc1C(=C)NCC(=O)N1CCC2(CC1)C(=C)N(C)C(=C)C2(C)c1ccc(C)cc1. The largest absolute Gasteiger partial charge is 0.376 e. The van der Waals surface area contributed by atoms with Crippen LogP contribution in [0.1, 0.15) is 62.3 Å². The van der Waals surface area contributed by atoms with Gasteiger partial charge in [0.25, 0.3) is 0 Å². The first kappa shape index (κ1) is 29.4. The normalized spacial score (nSPS) is 20.3. The van der Waals surface area contributed by atoms with Crippen molar-refractivity contribution in [2.75, 3.05) is 26.7 Å². The van der Waals surface area contributed by atoms with Gasteiger partial charge in [-0.15, -0.1) is 0 Å². The summed E-state index contributed by atoms with van der Waals surface area (Å²) in [7, 11) is 8.17. The van der Waals surface area contributed by atoms with E-state index in [2.05, 4.69) is 89.0 Å². The summed E-state index contributed by atoms with van der Waals surface area (Å²) in [6, 6.07) is 14.6. The maximum absolute atomic E-state index is 13.1. The van der Waals surface area contributed by atoms with E-state index in [1.807, 2.05) is 30.0 Å². The number of rotatable bonds is 5. The van der Waals surface area contributed by atoms with Crippen molar-refractivity contribution in [3.8, 4) is 0 Å². The molecule has 2 radical (unpaired) electrons. The number of hydrogen-bond acceptors (Lipinski definition) is 3. The number of benzene rings is 2. The highest BCUT2D eigenvalue weighted by atomic mass is 16.2. The Morgan fingerprint density at radius 3 is 2.13 bits per heavy atom. The molecule has 200 valence electrons. The number of likely N-dealkylation sites (tertiary alicyclic amines) is 2. The Labute approximate surface area is 231 Å². The zero-order valence-electron chi connectivity index (χ0n) is 24.3. The van der Waals surface area contributed by atoms with Crippen LogP contribution >= 0.6 is 0 Å². The van der Waals surface area contributed by atoms with E-state index in [4.69, 9.17) is 7.85 Å². The summed E-state index contributed by atoms with van der Waals surface area (Å²) in [5, 5.41) is 3.19. The molecule has 1 amide bonds. The average Bonchev–Trinajstić information content (AvgIpc) is 3.04. The number of nitrogens with one attached hydrogen (secondary N) is 1. The smallest absolute Gasteiger partial charge is 0.241 e. The zero-order chi connectivity index (χ0) is 28.3. The Kier molecular flexibility index (Phi) is 9.02. The van der Waals surface area contributed by atoms with Crippen LogP contribution in [0.4, 0.5) is 0 Å². The van der Waals surface area contributed by atoms with Crippen LogP contribution in [0.3, 0.4) is 0 Å². The van der Waals surface area contributed by atoms with Crippen molar-refractivity contribution < 1.29 is 4.79 Å². The minimum absolute atomic E-state index is 0.0695. The summed E-state index contributed by atoms with van der Waals surface area (Å²) in [5.74, 6) is 0.0695. The van der Waals surface area contributed by atoms with Crippen LogP contribution in [0.2, 0.25) is 0 Å². The number of piperidine rings is 1. The second kappa shape index (κ2) is 11.7. The summed E-state index contributed by atoms with van der Waals surface area (Å²) in [4.78, 5) is 17.2. The first-order valence-corrected chi connectivity index (χ1v) is 13.7. The number of likely N-dealkylation sites (N-methyl/N-ethyl adjacent to an activating group) is 1. The van der Waals surface area contributed by atoms with Crippen molar-refractivity contribution in [1.82, 2.24) is 15.1 Å². The quantitative estimate of drug-likeness (QED) is 0.532. The lowest BCUT2D eigenvalue weighted by Crippen LogP contribution is -2.51. The third-order valence-corrected chi connectivity index (χ3v) is 8.48. The summed E-state index contributed by atoms with van der Waals surface area (Å²) < 4.78 is 0. The molecule has 4 rings (SSSR count). The molecule has 1 spiro atoms. The fourth-order valence-corrected chi connectivity index (χ4v) is 5.96. The summed E-state index contributed by atoms with van der Waals surface area (Å²) in [5.41, 5.74) is 7.49. The highest BCUT2D eigenvalue weighted by molar-refractivity contribution is 6.34. The van der Waals surface area contributed by atoms with Crippen molar-refractivity contribution >= 4 is 24.9 Å². The molecular weight excluding hydrogens is 465 g/mol. The summed E-state index contributed by atoms with van der Waals surface area (Å²) >= 11 is 0. The van der Waals surface area contributed by atoms with E-state index in [0.29, 0.717) is 24.2 Å². The molecule has 0 aromatic heterocycles. The third-order valence-electron chi connectivity index (χ3n) is 8.48. The van der Waals surface area contributed by atoms with Gasteiger partial charge in [-0.25, -0.2) is 0 Å². The molecule has 4 nitrogen and oxygen atoms in total. The maximum Gasteiger partial charge on any atom is 0.241 e. The van der Waals surface area contributed by atoms with Gasteiger partial charge in [-0.3, -0.25) is 4.79 Å². The lowest BCUT2D eigenvalue weighted by molar-refractivity contribution is -0.132. The molecule has 0 bridgehead atoms. The minimum atomic E-state index is -0.267. The number of nitrogens with zero attached hydrogens (tertiary/aromatic N) is 2. The van der Waals surface area contributed by atoms with Gasteiger partial charge >= 0.3 is 0 Å². The molecule has 1 atom stereocenters. The van der Waals surface area contributed by atoms with Crippen LogP contribution in [0.15, 0.2) is 73.6 Å². The van der Waals surface area contributed by atoms with Crippen molar-refractivity contribution in [3.63, 3.8) is 0 Å². The predicted octanol–water partition coefficient (Wildman–Crippen LogP) is 5.61. The lowest BCUT2D eigenvalue weighted by atomic mass is 9.57. The molecule has 2 aliphatic rings. The Morgan fingerprint density at radius 2 is 1.55 bits per heavy atom. The van der Waals surface area contributed by atoms with Crippen LogP contribution in [0.5, 0.6) is 0 Å². The average molecular weight is 510 g/mol. The van der Waals surface area contributed by atoms with Gasteiger partial charge in [-0.05, 0) is 44.7 Å². The second-order valence-electron chi connectivity index (χ2n) is 11.0. The van der Waals surface area contributed by atoms with Crippen molar-refractivity contribution in [2.24, 2.45) is 5.41 Å². The van der Waals surface area contributed by atoms with E-state index in [9.17, 15) is 4.79 Å². The molecular formula is C33H44BN3O. The third kappa shape index (κ3) is 5.21. The number of allylic oxidation sites excluding steroid dienone is 2. The van der Waals surface area contributed by atoms with E-state index >= 15 is 0 Å². The molecule has 2 aromatic rings. The van der Waals surface area contributed by atoms with E-state index < -0.39 is 0 Å². The summed E-state index contributed by atoms with van der Waals surface area (Å²) in [6.07, 6.45) is 2.94. The molecule has 1 unspecified atom stereocenters. The van der Waals surface area contributed by atoms with Gasteiger partial charge in [0.05, 0.1) is 6.54 Å². The van der Waals surface area contributed by atoms with Gasteiger partial charge in [-0.2, -0.15) is 0 Å². The Bertz CT molecular complexity index is 1210. The fourth-order valence-electron chi connectivity index (χ4n) is 5.96.